The van der Waals surface area contributed by atoms with Gasteiger partial charge in [0.05, 0.1) is 4.92 Å². The molecule has 2 atom stereocenters. The molecule has 0 aliphatic heterocycles. The molecule has 0 radical (unpaired) electrons. The number of halogens is 2. The highest BCUT2D eigenvalue weighted by atomic mass is 35.5. The van der Waals surface area contributed by atoms with Crippen LogP contribution < -0.4 is 4.74 Å². The second-order valence-electron chi connectivity index (χ2n) is 5.12. The predicted octanol–water partition coefficient (Wildman–Crippen LogP) is 4.81. The summed E-state index contributed by atoms with van der Waals surface area (Å²) in [5, 5.41) is 11.5. The van der Waals surface area contributed by atoms with E-state index in [1.807, 2.05) is 0 Å². The fraction of sp³-hybridized carbons (Fsp3) is 0.571. The number of rotatable bonds is 5. The van der Waals surface area contributed by atoms with Crippen LogP contribution in [0.1, 0.15) is 33.1 Å². The smallest absolute Gasteiger partial charge is 0.312 e. The first-order valence-corrected chi connectivity index (χ1v) is 7.50. The van der Waals surface area contributed by atoms with Crippen LogP contribution in [-0.2, 0) is 0 Å². The summed E-state index contributed by atoms with van der Waals surface area (Å²) in [6.45, 7) is 4.15. The van der Waals surface area contributed by atoms with E-state index in [0.717, 1.165) is 12.8 Å². The summed E-state index contributed by atoms with van der Waals surface area (Å²) >= 11 is 12.1. The Kier molecular flexibility index (Phi) is 4.45. The van der Waals surface area contributed by atoms with Crippen molar-refractivity contribution in [3.8, 4) is 5.75 Å². The quantitative estimate of drug-likeness (QED) is 0.444. The van der Waals surface area contributed by atoms with E-state index < -0.39 is 4.92 Å². The summed E-state index contributed by atoms with van der Waals surface area (Å²) in [5.74, 6) is 0.263. The van der Waals surface area contributed by atoms with E-state index in [4.69, 9.17) is 27.9 Å². The molecule has 110 valence electrons. The zero-order valence-corrected chi connectivity index (χ0v) is 12.9. The van der Waals surface area contributed by atoms with Crippen LogP contribution in [0.15, 0.2) is 18.2 Å². The van der Waals surface area contributed by atoms with Crippen molar-refractivity contribution in [2.24, 2.45) is 5.41 Å². The van der Waals surface area contributed by atoms with E-state index in [9.17, 15) is 10.1 Å². The van der Waals surface area contributed by atoms with E-state index in [1.54, 1.807) is 12.1 Å². The largest absolute Gasteiger partial charge is 0.483 e. The summed E-state index contributed by atoms with van der Waals surface area (Å²) in [6, 6.07) is 4.46. The first-order chi connectivity index (χ1) is 9.44. The topological polar surface area (TPSA) is 52.4 Å². The van der Waals surface area contributed by atoms with Gasteiger partial charge in [0, 0.05) is 28.3 Å². The lowest BCUT2D eigenvalue weighted by atomic mass is 9.62. The standard InChI is InChI=1S/C14H17Cl2NO3/c1-3-14(4-2)12(16)8-13(14)20-11-6-5-9(15)7-10(11)17(18)19/h5-7,12-13H,3-4,8H2,1-2H3. The molecule has 2 rings (SSSR count). The molecular weight excluding hydrogens is 301 g/mol. The fourth-order valence-corrected chi connectivity index (χ4v) is 3.68. The Labute approximate surface area is 128 Å². The van der Waals surface area contributed by atoms with E-state index in [2.05, 4.69) is 13.8 Å². The lowest BCUT2D eigenvalue weighted by molar-refractivity contribution is -0.386. The molecule has 1 aliphatic rings. The molecule has 0 bridgehead atoms. The highest BCUT2D eigenvalue weighted by Gasteiger charge is 2.53. The molecule has 0 N–H and O–H groups in total. The third-order valence-electron chi connectivity index (χ3n) is 4.39. The van der Waals surface area contributed by atoms with Gasteiger partial charge in [-0.2, -0.15) is 0 Å². The van der Waals surface area contributed by atoms with Crippen LogP contribution in [0.2, 0.25) is 5.02 Å². The molecule has 1 aromatic rings. The SMILES string of the molecule is CCC1(CC)C(Cl)CC1Oc1ccc(Cl)cc1[N+](=O)[O-]. The molecular formula is C14H17Cl2NO3. The van der Waals surface area contributed by atoms with Crippen LogP contribution in [0.5, 0.6) is 5.75 Å². The Hall–Kier alpha value is -1.00. The van der Waals surface area contributed by atoms with Gasteiger partial charge in [0.15, 0.2) is 5.75 Å². The minimum atomic E-state index is -0.475. The number of alkyl halides is 1. The van der Waals surface area contributed by atoms with Gasteiger partial charge in [-0.3, -0.25) is 10.1 Å². The molecule has 4 nitrogen and oxygen atoms in total. The third-order valence-corrected chi connectivity index (χ3v) is 5.24. The monoisotopic (exact) mass is 317 g/mol. The first kappa shape index (κ1) is 15.4. The fourth-order valence-electron chi connectivity index (χ4n) is 2.90. The molecule has 0 heterocycles. The second kappa shape index (κ2) is 5.78. The summed E-state index contributed by atoms with van der Waals surface area (Å²) in [4.78, 5) is 10.6. The summed E-state index contributed by atoms with van der Waals surface area (Å²) < 4.78 is 5.88. The molecule has 0 amide bonds. The number of benzene rings is 1. The average molecular weight is 318 g/mol. The normalized spacial score (nSPS) is 24.0. The number of ether oxygens (including phenoxy) is 1. The molecule has 1 aromatic carbocycles. The Morgan fingerprint density at radius 3 is 2.60 bits per heavy atom. The lowest BCUT2D eigenvalue weighted by Crippen LogP contribution is -2.56. The van der Waals surface area contributed by atoms with Crippen LogP contribution in [0.3, 0.4) is 0 Å². The van der Waals surface area contributed by atoms with Crippen LogP contribution in [0.4, 0.5) is 5.69 Å². The van der Waals surface area contributed by atoms with Crippen molar-refractivity contribution in [2.45, 2.75) is 44.6 Å². The second-order valence-corrected chi connectivity index (χ2v) is 6.08. The van der Waals surface area contributed by atoms with Crippen molar-refractivity contribution in [3.63, 3.8) is 0 Å². The molecule has 6 heteroatoms. The van der Waals surface area contributed by atoms with Crippen molar-refractivity contribution < 1.29 is 9.66 Å². The van der Waals surface area contributed by atoms with Gasteiger partial charge in [0.1, 0.15) is 6.10 Å². The molecule has 20 heavy (non-hydrogen) atoms. The molecule has 0 aromatic heterocycles. The number of nitrogens with zero attached hydrogens (tertiary/aromatic N) is 1. The van der Waals surface area contributed by atoms with Gasteiger partial charge in [-0.15, -0.1) is 11.6 Å². The summed E-state index contributed by atoms with van der Waals surface area (Å²) in [6.07, 6.45) is 2.41. The number of hydrogen-bond acceptors (Lipinski definition) is 3. The molecule has 1 fully saturated rings. The third kappa shape index (κ3) is 2.47. The van der Waals surface area contributed by atoms with Crippen molar-refractivity contribution in [2.75, 3.05) is 0 Å². The Balaban J connectivity index is 2.25. The van der Waals surface area contributed by atoms with Gasteiger partial charge < -0.3 is 4.74 Å². The van der Waals surface area contributed by atoms with Gasteiger partial charge in [-0.25, -0.2) is 0 Å². The maximum Gasteiger partial charge on any atom is 0.312 e. The minimum Gasteiger partial charge on any atom is -0.483 e. The van der Waals surface area contributed by atoms with Crippen molar-refractivity contribution in [1.82, 2.24) is 0 Å². The highest BCUT2D eigenvalue weighted by molar-refractivity contribution is 6.30. The van der Waals surface area contributed by atoms with Crippen LogP contribution >= 0.6 is 23.2 Å². The van der Waals surface area contributed by atoms with Crippen molar-refractivity contribution in [3.05, 3.63) is 33.3 Å². The maximum atomic E-state index is 11.1. The molecule has 0 saturated heterocycles. The van der Waals surface area contributed by atoms with Crippen LogP contribution in [0.25, 0.3) is 0 Å². The van der Waals surface area contributed by atoms with Gasteiger partial charge in [-0.1, -0.05) is 25.4 Å². The van der Waals surface area contributed by atoms with E-state index >= 15 is 0 Å². The van der Waals surface area contributed by atoms with E-state index in [0.29, 0.717) is 11.4 Å². The minimum absolute atomic E-state index is 0.0638. The number of nitro groups is 1. The molecule has 2 unspecified atom stereocenters. The maximum absolute atomic E-state index is 11.1. The zero-order valence-electron chi connectivity index (χ0n) is 11.4. The molecule has 1 aliphatic carbocycles. The van der Waals surface area contributed by atoms with E-state index in [1.165, 1.54) is 6.07 Å². The summed E-state index contributed by atoms with van der Waals surface area (Å²) in [7, 11) is 0. The highest BCUT2D eigenvalue weighted by Crippen LogP contribution is 2.52. The van der Waals surface area contributed by atoms with E-state index in [-0.39, 0.29) is 28.3 Å². The molecule has 1 saturated carbocycles. The lowest BCUT2D eigenvalue weighted by Gasteiger charge is -2.52. The zero-order chi connectivity index (χ0) is 14.9. The van der Waals surface area contributed by atoms with Crippen LogP contribution in [-0.4, -0.2) is 16.4 Å². The first-order valence-electron chi connectivity index (χ1n) is 6.69. The van der Waals surface area contributed by atoms with Gasteiger partial charge in [0.2, 0.25) is 0 Å². The van der Waals surface area contributed by atoms with Crippen LogP contribution in [0, 0.1) is 15.5 Å². The Morgan fingerprint density at radius 1 is 1.45 bits per heavy atom. The van der Waals surface area contributed by atoms with Crippen molar-refractivity contribution in [1.29, 1.82) is 0 Å². The Morgan fingerprint density at radius 2 is 2.10 bits per heavy atom. The van der Waals surface area contributed by atoms with Gasteiger partial charge >= 0.3 is 5.69 Å². The van der Waals surface area contributed by atoms with Gasteiger partial charge in [0.25, 0.3) is 0 Å². The van der Waals surface area contributed by atoms with Gasteiger partial charge in [-0.05, 0) is 25.0 Å². The molecule has 0 spiro atoms. The number of hydrogen-bond donors (Lipinski definition) is 0. The number of nitro benzene ring substituents is 1. The Bertz CT molecular complexity index is 517. The predicted molar refractivity (Wildman–Crippen MR) is 79.8 cm³/mol. The average Bonchev–Trinajstić information content (AvgIpc) is 2.41. The summed E-state index contributed by atoms with van der Waals surface area (Å²) in [5.41, 5.74) is -0.202. The van der Waals surface area contributed by atoms with Crippen molar-refractivity contribution >= 4 is 28.9 Å².